The number of carboxylic acids is 1. The summed E-state index contributed by atoms with van der Waals surface area (Å²) in [5.41, 5.74) is 6.34. The Kier molecular flexibility index (Phi) is 7.74. The van der Waals surface area contributed by atoms with Gasteiger partial charge in [0.05, 0.1) is 0 Å². The van der Waals surface area contributed by atoms with Gasteiger partial charge in [0.15, 0.2) is 0 Å². The van der Waals surface area contributed by atoms with E-state index in [1.54, 1.807) is 0 Å². The van der Waals surface area contributed by atoms with Crippen LogP contribution in [0.1, 0.15) is 26.3 Å². The van der Waals surface area contributed by atoms with Crippen LogP contribution < -0.4 is 5.73 Å². The molecule has 8 heteroatoms. The molecule has 0 amide bonds. The van der Waals surface area contributed by atoms with E-state index in [1.165, 1.54) is 0 Å². The first-order chi connectivity index (χ1) is 10.3. The van der Waals surface area contributed by atoms with Gasteiger partial charge in [0.25, 0.3) is 0 Å². The van der Waals surface area contributed by atoms with Gasteiger partial charge in [-0.2, -0.15) is 13.2 Å². The fraction of sp³-hybridized carbons (Fsp3) is 0.467. The van der Waals surface area contributed by atoms with E-state index in [2.05, 4.69) is 0 Å². The number of carboxylic acid groups (broad SMARTS) is 1. The molecule has 5 nitrogen and oxygen atoms in total. The van der Waals surface area contributed by atoms with Crippen LogP contribution in [0.3, 0.4) is 0 Å². The molecule has 1 rings (SSSR count). The average Bonchev–Trinajstić information content (AvgIpc) is 2.37. The van der Waals surface area contributed by atoms with Gasteiger partial charge in [-0.3, -0.25) is 4.79 Å². The molecule has 0 aliphatic rings. The molecule has 0 aliphatic carbocycles. The van der Waals surface area contributed by atoms with Crippen LogP contribution in [0.25, 0.3) is 0 Å². The van der Waals surface area contributed by atoms with Crippen LogP contribution in [0.15, 0.2) is 30.3 Å². The van der Waals surface area contributed by atoms with E-state index in [1.807, 2.05) is 51.1 Å². The zero-order valence-corrected chi connectivity index (χ0v) is 13.1. The van der Waals surface area contributed by atoms with Gasteiger partial charge in [0, 0.05) is 0 Å². The highest BCUT2D eigenvalue weighted by molar-refractivity contribution is 5.76. The largest absolute Gasteiger partial charge is 0.490 e. The zero-order chi connectivity index (χ0) is 18.3. The van der Waals surface area contributed by atoms with Gasteiger partial charge in [-0.25, -0.2) is 4.79 Å². The zero-order valence-electron chi connectivity index (χ0n) is 13.1. The number of aliphatic carboxylic acids is 1. The molecule has 0 bridgehead atoms. The second-order valence-corrected chi connectivity index (χ2v) is 5.63. The molecule has 23 heavy (non-hydrogen) atoms. The first kappa shape index (κ1) is 20.9. The summed E-state index contributed by atoms with van der Waals surface area (Å²) in [7, 11) is 0. The summed E-state index contributed by atoms with van der Waals surface area (Å²) in [5.74, 6) is -3.11. The lowest BCUT2D eigenvalue weighted by atomic mass is 10.1. The van der Waals surface area contributed by atoms with E-state index < -0.39 is 23.8 Å². The first-order valence-corrected chi connectivity index (χ1v) is 6.65. The van der Waals surface area contributed by atoms with Crippen molar-refractivity contribution in [3.63, 3.8) is 0 Å². The third-order valence-electron chi connectivity index (χ3n) is 2.25. The summed E-state index contributed by atoms with van der Waals surface area (Å²) in [6.45, 7) is 5.50. The Hall–Kier alpha value is -2.09. The summed E-state index contributed by atoms with van der Waals surface area (Å²) < 4.78 is 36.9. The van der Waals surface area contributed by atoms with E-state index in [4.69, 9.17) is 20.4 Å². The van der Waals surface area contributed by atoms with Gasteiger partial charge in [-0.1, -0.05) is 30.3 Å². The molecule has 1 aromatic rings. The summed E-state index contributed by atoms with van der Waals surface area (Å²) >= 11 is 0. The molecule has 0 unspecified atom stereocenters. The van der Waals surface area contributed by atoms with Crippen LogP contribution in [-0.4, -0.2) is 34.9 Å². The molecule has 0 fully saturated rings. The minimum atomic E-state index is -5.08. The molecule has 3 N–H and O–H groups in total. The summed E-state index contributed by atoms with van der Waals surface area (Å²) in [4.78, 5) is 20.5. The Bertz CT molecular complexity index is 510. The maximum Gasteiger partial charge on any atom is 0.490 e. The van der Waals surface area contributed by atoms with Gasteiger partial charge >= 0.3 is 18.1 Å². The Labute approximate surface area is 132 Å². The van der Waals surface area contributed by atoms with E-state index in [0.29, 0.717) is 6.42 Å². The molecule has 0 heterocycles. The number of nitrogens with two attached hydrogens (primary N) is 1. The molecule has 0 spiro atoms. The number of benzene rings is 1. The molecular formula is C15H20F3NO4. The number of ether oxygens (including phenoxy) is 1. The Morgan fingerprint density at radius 1 is 1.17 bits per heavy atom. The summed E-state index contributed by atoms with van der Waals surface area (Å²) in [6.07, 6.45) is -4.57. The SMILES string of the molecule is CC(C)(C)OC(=O)[C@H](N)Cc1ccccc1.O=C(O)C(F)(F)F. The van der Waals surface area contributed by atoms with Crippen molar-refractivity contribution in [1.82, 2.24) is 0 Å². The van der Waals surface area contributed by atoms with Gasteiger partial charge in [0.1, 0.15) is 11.6 Å². The minimum Gasteiger partial charge on any atom is -0.475 e. The maximum atomic E-state index is 11.6. The third kappa shape index (κ3) is 10.3. The number of halogens is 3. The first-order valence-electron chi connectivity index (χ1n) is 6.65. The fourth-order valence-corrected chi connectivity index (χ4v) is 1.33. The number of carbonyl (C=O) groups is 2. The Morgan fingerprint density at radius 3 is 1.96 bits per heavy atom. The second kappa shape index (κ2) is 8.52. The predicted octanol–water partition coefficient (Wildman–Crippen LogP) is 2.53. The number of alkyl halides is 3. The smallest absolute Gasteiger partial charge is 0.475 e. The molecule has 1 atom stereocenters. The van der Waals surface area contributed by atoms with Crippen molar-refractivity contribution in [3.05, 3.63) is 35.9 Å². The van der Waals surface area contributed by atoms with Gasteiger partial charge in [0.2, 0.25) is 0 Å². The molecule has 1 aromatic carbocycles. The summed E-state index contributed by atoms with van der Waals surface area (Å²) in [6, 6.07) is 9.09. The van der Waals surface area contributed by atoms with Gasteiger partial charge in [-0.15, -0.1) is 0 Å². The highest BCUT2D eigenvalue weighted by atomic mass is 19.4. The number of esters is 1. The van der Waals surface area contributed by atoms with Crippen LogP contribution in [0, 0.1) is 0 Å². The van der Waals surface area contributed by atoms with Gasteiger partial charge in [-0.05, 0) is 32.8 Å². The lowest BCUT2D eigenvalue weighted by Gasteiger charge is -2.22. The highest BCUT2D eigenvalue weighted by Gasteiger charge is 2.38. The molecular weight excluding hydrogens is 315 g/mol. The number of rotatable bonds is 3. The third-order valence-corrected chi connectivity index (χ3v) is 2.25. The van der Waals surface area contributed by atoms with Gasteiger partial charge < -0.3 is 15.6 Å². The molecule has 0 aromatic heterocycles. The molecule has 0 saturated carbocycles. The molecule has 0 aliphatic heterocycles. The molecule has 130 valence electrons. The predicted molar refractivity (Wildman–Crippen MR) is 77.7 cm³/mol. The molecule has 0 radical (unpaired) electrons. The van der Waals surface area contributed by atoms with Crippen molar-refractivity contribution in [2.24, 2.45) is 5.73 Å². The van der Waals surface area contributed by atoms with E-state index in [9.17, 15) is 18.0 Å². The number of hydrogen-bond donors (Lipinski definition) is 2. The van der Waals surface area contributed by atoms with Crippen LogP contribution in [0.5, 0.6) is 0 Å². The van der Waals surface area contributed by atoms with Crippen molar-refractivity contribution in [2.75, 3.05) is 0 Å². The van der Waals surface area contributed by atoms with Crippen molar-refractivity contribution < 1.29 is 32.6 Å². The summed E-state index contributed by atoms with van der Waals surface area (Å²) in [5, 5.41) is 7.12. The van der Waals surface area contributed by atoms with Crippen molar-refractivity contribution in [2.45, 2.75) is 45.0 Å². The number of carbonyl (C=O) groups excluding carboxylic acids is 1. The van der Waals surface area contributed by atoms with Crippen LogP contribution >= 0.6 is 0 Å². The van der Waals surface area contributed by atoms with Crippen molar-refractivity contribution in [3.8, 4) is 0 Å². The van der Waals surface area contributed by atoms with E-state index in [-0.39, 0.29) is 5.97 Å². The van der Waals surface area contributed by atoms with Crippen LogP contribution in [0.4, 0.5) is 13.2 Å². The van der Waals surface area contributed by atoms with Crippen molar-refractivity contribution in [1.29, 1.82) is 0 Å². The Balaban J connectivity index is 0.000000585. The lowest BCUT2D eigenvalue weighted by Crippen LogP contribution is -2.38. The Morgan fingerprint density at radius 2 is 1.61 bits per heavy atom. The second-order valence-electron chi connectivity index (χ2n) is 5.63. The van der Waals surface area contributed by atoms with Crippen LogP contribution in [-0.2, 0) is 20.7 Å². The van der Waals surface area contributed by atoms with E-state index in [0.717, 1.165) is 5.56 Å². The molecule has 0 saturated heterocycles. The lowest BCUT2D eigenvalue weighted by molar-refractivity contribution is -0.192. The fourth-order valence-electron chi connectivity index (χ4n) is 1.33. The standard InChI is InChI=1S/C13H19NO2.C2HF3O2/c1-13(2,3)16-12(15)11(14)9-10-7-5-4-6-8-10;3-2(4,5)1(6)7/h4-8,11H,9,14H2,1-3H3;(H,6,7)/t11-;/m1./s1. The van der Waals surface area contributed by atoms with Crippen LogP contribution in [0.2, 0.25) is 0 Å². The van der Waals surface area contributed by atoms with E-state index >= 15 is 0 Å². The topological polar surface area (TPSA) is 89.6 Å². The average molecular weight is 335 g/mol. The quantitative estimate of drug-likeness (QED) is 0.829. The highest BCUT2D eigenvalue weighted by Crippen LogP contribution is 2.13. The normalized spacial score (nSPS) is 12.7. The number of hydrogen-bond acceptors (Lipinski definition) is 4. The monoisotopic (exact) mass is 335 g/mol. The maximum absolute atomic E-state index is 11.6. The van der Waals surface area contributed by atoms with Crippen molar-refractivity contribution >= 4 is 11.9 Å². The minimum absolute atomic E-state index is 0.351.